The van der Waals surface area contributed by atoms with Crippen molar-refractivity contribution in [3.8, 4) is 0 Å². The lowest BCUT2D eigenvalue weighted by molar-refractivity contribution is 0.0369. The van der Waals surface area contributed by atoms with Gasteiger partial charge in [-0.25, -0.2) is 0 Å². The van der Waals surface area contributed by atoms with Gasteiger partial charge in [0, 0.05) is 46.9 Å². The van der Waals surface area contributed by atoms with Gasteiger partial charge in [-0.15, -0.1) is 11.3 Å². The number of aryl methyl sites for hydroxylation is 2. The van der Waals surface area contributed by atoms with E-state index in [9.17, 15) is 4.39 Å². The number of hydrogen-bond donors (Lipinski definition) is 0. The predicted molar refractivity (Wildman–Crippen MR) is 114 cm³/mol. The van der Waals surface area contributed by atoms with Crippen molar-refractivity contribution in [2.45, 2.75) is 65.5 Å². The van der Waals surface area contributed by atoms with E-state index in [1.807, 2.05) is 19.2 Å². The van der Waals surface area contributed by atoms with Crippen molar-refractivity contribution >= 4 is 11.3 Å². The maximum Gasteiger partial charge on any atom is 0.176 e. The van der Waals surface area contributed by atoms with Crippen LogP contribution < -0.4 is 0 Å². The molecule has 1 aliphatic rings. The second-order valence-corrected chi connectivity index (χ2v) is 9.89. The van der Waals surface area contributed by atoms with Gasteiger partial charge < -0.3 is 4.74 Å². The number of nitrogens with zero attached hydrogens (tertiary/aromatic N) is 2. The van der Waals surface area contributed by atoms with Crippen LogP contribution in [0.1, 0.15) is 56.7 Å². The Morgan fingerprint density at radius 2 is 2.11 bits per heavy atom. The zero-order valence-electron chi connectivity index (χ0n) is 17.8. The quantitative estimate of drug-likeness (QED) is 0.575. The summed E-state index contributed by atoms with van der Waals surface area (Å²) in [6, 6.07) is 8.25. The summed E-state index contributed by atoms with van der Waals surface area (Å²) in [5.74, 6) is 0. The van der Waals surface area contributed by atoms with Gasteiger partial charge in [0.2, 0.25) is 0 Å². The third-order valence-electron chi connectivity index (χ3n) is 6.25. The molecule has 2 atom stereocenters. The van der Waals surface area contributed by atoms with Crippen molar-refractivity contribution in [1.29, 1.82) is 0 Å². The van der Waals surface area contributed by atoms with Gasteiger partial charge in [-0.3, -0.25) is 9.88 Å². The number of thiophene rings is 1. The van der Waals surface area contributed by atoms with E-state index in [2.05, 4.69) is 49.7 Å². The highest BCUT2D eigenvalue weighted by molar-refractivity contribution is 7.10. The Balaban J connectivity index is 1.79. The first-order valence-electron chi connectivity index (χ1n) is 10.3. The molecular formula is C23H33FN2OS. The minimum atomic E-state index is -0.0942. The van der Waals surface area contributed by atoms with Gasteiger partial charge in [-0.1, -0.05) is 6.07 Å². The van der Waals surface area contributed by atoms with E-state index in [4.69, 9.17) is 4.74 Å². The molecule has 0 bridgehead atoms. The molecule has 2 aromatic heterocycles. The molecule has 28 heavy (non-hydrogen) atoms. The highest BCUT2D eigenvalue weighted by Gasteiger charge is 2.47. The monoisotopic (exact) mass is 404 g/mol. The van der Waals surface area contributed by atoms with Crippen LogP contribution in [0.5, 0.6) is 0 Å². The van der Waals surface area contributed by atoms with Crippen LogP contribution in [-0.2, 0) is 16.7 Å². The molecule has 3 nitrogen and oxygen atoms in total. The first-order valence-corrected chi connectivity index (χ1v) is 11.1. The summed E-state index contributed by atoms with van der Waals surface area (Å²) >= 11 is 1.27. The molecule has 2 aromatic rings. The fraction of sp³-hybridized carbons (Fsp3) is 0.609. The summed E-state index contributed by atoms with van der Waals surface area (Å²) in [5.41, 5.74) is 2.30. The molecule has 1 fully saturated rings. The molecule has 1 aliphatic heterocycles. The van der Waals surface area contributed by atoms with E-state index in [0.717, 1.165) is 49.6 Å². The molecule has 0 N–H and O–H groups in total. The fourth-order valence-corrected chi connectivity index (χ4v) is 5.34. The van der Waals surface area contributed by atoms with Gasteiger partial charge in [0.05, 0.1) is 6.61 Å². The van der Waals surface area contributed by atoms with Crippen LogP contribution in [0, 0.1) is 17.5 Å². The van der Waals surface area contributed by atoms with Crippen LogP contribution in [0.2, 0.25) is 0 Å². The van der Waals surface area contributed by atoms with Crippen molar-refractivity contribution in [2.24, 2.45) is 5.41 Å². The molecule has 0 amide bonds. The highest BCUT2D eigenvalue weighted by atomic mass is 32.1. The molecule has 0 saturated carbocycles. The molecule has 154 valence electrons. The summed E-state index contributed by atoms with van der Waals surface area (Å²) in [6.45, 7) is 13.5. The predicted octanol–water partition coefficient (Wildman–Crippen LogP) is 5.58. The smallest absolute Gasteiger partial charge is 0.176 e. The van der Waals surface area contributed by atoms with Gasteiger partial charge in [0.15, 0.2) is 5.13 Å². The van der Waals surface area contributed by atoms with Crippen LogP contribution in [0.3, 0.4) is 0 Å². The van der Waals surface area contributed by atoms with Crippen LogP contribution in [0.25, 0.3) is 0 Å². The van der Waals surface area contributed by atoms with Gasteiger partial charge in [0.1, 0.15) is 0 Å². The van der Waals surface area contributed by atoms with Gasteiger partial charge in [-0.2, -0.15) is 4.39 Å². The second-order valence-electron chi connectivity index (χ2n) is 8.77. The zero-order chi connectivity index (χ0) is 20.4. The second kappa shape index (κ2) is 8.60. The summed E-state index contributed by atoms with van der Waals surface area (Å²) in [5, 5.41) is -0.0942. The standard InChI is InChI=1S/C23H33FN2OS/c1-6-27-16-23(12-11-20-9-10-21(24)28-20)13-18(3)26(15-23)22(4,5)19-8-7-17(2)25-14-19/h7-10,14,18H,6,11-13,15-16H2,1-5H3. The number of pyridine rings is 1. The number of rotatable bonds is 8. The molecule has 3 rings (SSSR count). The number of likely N-dealkylation sites (tertiary alicyclic amines) is 1. The molecule has 0 aromatic carbocycles. The van der Waals surface area contributed by atoms with Gasteiger partial charge in [-0.05, 0) is 77.6 Å². The number of ether oxygens (including phenoxy) is 1. The van der Waals surface area contributed by atoms with E-state index in [0.29, 0.717) is 6.04 Å². The van der Waals surface area contributed by atoms with Crippen molar-refractivity contribution in [3.63, 3.8) is 0 Å². The highest BCUT2D eigenvalue weighted by Crippen LogP contribution is 2.45. The molecule has 0 aliphatic carbocycles. The van der Waals surface area contributed by atoms with Crippen LogP contribution in [0.4, 0.5) is 4.39 Å². The molecule has 0 radical (unpaired) electrons. The van der Waals surface area contributed by atoms with Gasteiger partial charge in [0.25, 0.3) is 0 Å². The number of hydrogen-bond acceptors (Lipinski definition) is 4. The summed E-state index contributed by atoms with van der Waals surface area (Å²) in [6.07, 6.45) is 5.05. The Labute approximate surface area is 172 Å². The summed E-state index contributed by atoms with van der Waals surface area (Å²) in [7, 11) is 0. The first-order chi connectivity index (χ1) is 13.3. The van der Waals surface area contributed by atoms with Crippen molar-refractivity contribution in [1.82, 2.24) is 9.88 Å². The normalized spacial score (nSPS) is 23.4. The third-order valence-corrected chi connectivity index (χ3v) is 7.18. The summed E-state index contributed by atoms with van der Waals surface area (Å²) in [4.78, 5) is 8.25. The van der Waals surface area contributed by atoms with E-state index in [1.54, 1.807) is 6.07 Å². The van der Waals surface area contributed by atoms with Crippen LogP contribution >= 0.6 is 11.3 Å². The lowest BCUT2D eigenvalue weighted by Crippen LogP contribution is -2.45. The van der Waals surface area contributed by atoms with Crippen molar-refractivity contribution in [2.75, 3.05) is 19.8 Å². The molecular weight excluding hydrogens is 371 g/mol. The molecule has 0 spiro atoms. The third kappa shape index (κ3) is 4.64. The minimum absolute atomic E-state index is 0.0941. The topological polar surface area (TPSA) is 25.4 Å². The Morgan fingerprint density at radius 3 is 2.71 bits per heavy atom. The van der Waals surface area contributed by atoms with Gasteiger partial charge >= 0.3 is 0 Å². The molecule has 2 unspecified atom stereocenters. The zero-order valence-corrected chi connectivity index (χ0v) is 18.6. The lowest BCUT2D eigenvalue weighted by atomic mass is 9.81. The molecule has 3 heterocycles. The van der Waals surface area contributed by atoms with E-state index < -0.39 is 0 Å². The number of aromatic nitrogens is 1. The Kier molecular flexibility index (Phi) is 6.58. The maximum atomic E-state index is 13.4. The molecule has 5 heteroatoms. The minimum Gasteiger partial charge on any atom is -0.381 e. The van der Waals surface area contributed by atoms with E-state index in [-0.39, 0.29) is 16.1 Å². The van der Waals surface area contributed by atoms with E-state index >= 15 is 0 Å². The average Bonchev–Trinajstić information content (AvgIpc) is 3.22. The Hall–Kier alpha value is -1.30. The number of halogens is 1. The largest absolute Gasteiger partial charge is 0.381 e. The Morgan fingerprint density at radius 1 is 1.32 bits per heavy atom. The van der Waals surface area contributed by atoms with Crippen molar-refractivity contribution < 1.29 is 9.13 Å². The summed E-state index contributed by atoms with van der Waals surface area (Å²) < 4.78 is 19.3. The average molecular weight is 405 g/mol. The molecule has 1 saturated heterocycles. The maximum absolute atomic E-state index is 13.4. The van der Waals surface area contributed by atoms with E-state index in [1.165, 1.54) is 16.9 Å². The Bertz CT molecular complexity index is 773. The van der Waals surface area contributed by atoms with Crippen LogP contribution in [0.15, 0.2) is 30.5 Å². The SMILES string of the molecule is CCOCC1(CCc2ccc(F)s2)CC(C)N(C(C)(C)c2ccc(C)nc2)C1. The van der Waals surface area contributed by atoms with Crippen molar-refractivity contribution in [3.05, 3.63) is 51.7 Å². The fourth-order valence-electron chi connectivity index (χ4n) is 4.61. The van der Waals surface area contributed by atoms with Crippen LogP contribution in [-0.4, -0.2) is 35.7 Å². The first kappa shape index (κ1) is 21.4. The lowest BCUT2D eigenvalue weighted by Gasteiger charge is -2.40.